The zero-order valence-corrected chi connectivity index (χ0v) is 13.1. The van der Waals surface area contributed by atoms with Gasteiger partial charge >= 0.3 is 5.97 Å². The first-order chi connectivity index (χ1) is 9.96. The van der Waals surface area contributed by atoms with Crippen LogP contribution >= 0.6 is 0 Å². The first-order valence-electron chi connectivity index (χ1n) is 7.96. The molecule has 3 nitrogen and oxygen atoms in total. The zero-order valence-electron chi connectivity index (χ0n) is 13.1. The summed E-state index contributed by atoms with van der Waals surface area (Å²) < 4.78 is 0. The number of carboxylic acids is 1. The van der Waals surface area contributed by atoms with Crippen LogP contribution in [0.5, 0.6) is 0 Å². The third-order valence-corrected chi connectivity index (χ3v) is 4.69. The van der Waals surface area contributed by atoms with Crippen LogP contribution in [0.25, 0.3) is 0 Å². The van der Waals surface area contributed by atoms with Crippen molar-refractivity contribution in [3.63, 3.8) is 0 Å². The smallest absolute Gasteiger partial charge is 0.321 e. The number of hydrogen-bond acceptors (Lipinski definition) is 2. The van der Waals surface area contributed by atoms with Crippen molar-refractivity contribution >= 4 is 5.97 Å². The lowest BCUT2D eigenvalue weighted by Gasteiger charge is -2.34. The van der Waals surface area contributed by atoms with Crippen LogP contribution in [0.4, 0.5) is 0 Å². The van der Waals surface area contributed by atoms with Gasteiger partial charge in [0.1, 0.15) is 6.04 Å². The minimum Gasteiger partial charge on any atom is -0.480 e. The zero-order chi connectivity index (χ0) is 15.3. The number of aliphatic carboxylic acids is 1. The molecule has 0 aliphatic heterocycles. The van der Waals surface area contributed by atoms with E-state index in [1.54, 1.807) is 0 Å². The maximum absolute atomic E-state index is 11.4. The third kappa shape index (κ3) is 5.16. The summed E-state index contributed by atoms with van der Waals surface area (Å²) in [6.45, 7) is 5.47. The Bertz CT molecular complexity index is 446. The maximum atomic E-state index is 11.4. The molecule has 0 aromatic heterocycles. The number of nitrogens with one attached hydrogen (secondary N) is 1. The van der Waals surface area contributed by atoms with Gasteiger partial charge in [-0.05, 0) is 55.5 Å². The summed E-state index contributed by atoms with van der Waals surface area (Å²) in [7, 11) is 0. The van der Waals surface area contributed by atoms with Crippen molar-refractivity contribution in [1.29, 1.82) is 0 Å². The van der Waals surface area contributed by atoms with Crippen molar-refractivity contribution in [2.75, 3.05) is 6.54 Å². The Morgan fingerprint density at radius 1 is 1.29 bits per heavy atom. The van der Waals surface area contributed by atoms with Crippen LogP contribution in [0.2, 0.25) is 0 Å². The van der Waals surface area contributed by atoms with Gasteiger partial charge in [-0.15, -0.1) is 0 Å². The fraction of sp³-hybridized carbons (Fsp3) is 0.611. The highest BCUT2D eigenvalue weighted by molar-refractivity contribution is 5.73. The van der Waals surface area contributed by atoms with Crippen LogP contribution in [0.3, 0.4) is 0 Å². The van der Waals surface area contributed by atoms with E-state index in [1.165, 1.54) is 25.7 Å². The monoisotopic (exact) mass is 289 g/mol. The average Bonchev–Trinajstić information content (AvgIpc) is 2.45. The molecule has 0 saturated heterocycles. The highest BCUT2D eigenvalue weighted by atomic mass is 16.4. The molecule has 21 heavy (non-hydrogen) atoms. The summed E-state index contributed by atoms with van der Waals surface area (Å²) in [6, 6.07) is 9.36. The van der Waals surface area contributed by atoms with E-state index in [-0.39, 0.29) is 0 Å². The van der Waals surface area contributed by atoms with Crippen LogP contribution in [0.15, 0.2) is 30.3 Å². The summed E-state index contributed by atoms with van der Waals surface area (Å²) in [5.74, 6) is -0.134. The molecular formula is C18H27NO2. The Morgan fingerprint density at radius 2 is 1.90 bits per heavy atom. The van der Waals surface area contributed by atoms with E-state index in [9.17, 15) is 9.90 Å². The van der Waals surface area contributed by atoms with Gasteiger partial charge in [0.2, 0.25) is 0 Å². The second-order valence-electron chi connectivity index (χ2n) is 7.10. The summed E-state index contributed by atoms with van der Waals surface area (Å²) in [6.07, 6.45) is 5.45. The van der Waals surface area contributed by atoms with E-state index < -0.39 is 12.0 Å². The Kier molecular flexibility index (Phi) is 5.40. The first-order valence-corrected chi connectivity index (χ1v) is 7.96. The van der Waals surface area contributed by atoms with Crippen molar-refractivity contribution in [1.82, 2.24) is 5.32 Å². The van der Waals surface area contributed by atoms with Crippen LogP contribution < -0.4 is 5.32 Å². The van der Waals surface area contributed by atoms with Crippen LogP contribution in [0, 0.1) is 11.3 Å². The maximum Gasteiger partial charge on any atom is 0.321 e. The van der Waals surface area contributed by atoms with Gasteiger partial charge in [-0.1, -0.05) is 44.2 Å². The molecule has 2 N–H and O–H groups in total. The average molecular weight is 289 g/mol. The molecule has 1 atom stereocenters. The standard InChI is InChI=1S/C18H27NO2/c1-18(2)10-8-15(9-11-18)13-19-16(17(20)21)12-14-6-4-3-5-7-14/h3-7,15-16,19H,8-13H2,1-2H3,(H,20,21)/t16-/m1/s1. The van der Waals surface area contributed by atoms with Gasteiger partial charge in [0.25, 0.3) is 0 Å². The van der Waals surface area contributed by atoms with Gasteiger partial charge in [-0.2, -0.15) is 0 Å². The predicted octanol–water partition coefficient (Wildman–Crippen LogP) is 3.49. The highest BCUT2D eigenvalue weighted by Gasteiger charge is 2.27. The molecule has 0 unspecified atom stereocenters. The Hall–Kier alpha value is -1.35. The van der Waals surface area contributed by atoms with Gasteiger partial charge in [0.15, 0.2) is 0 Å². The number of rotatable bonds is 6. The van der Waals surface area contributed by atoms with E-state index in [4.69, 9.17) is 0 Å². The molecule has 1 aromatic carbocycles. The fourth-order valence-corrected chi connectivity index (χ4v) is 3.07. The molecule has 0 heterocycles. The lowest BCUT2D eigenvalue weighted by Crippen LogP contribution is -2.42. The second-order valence-corrected chi connectivity index (χ2v) is 7.10. The number of benzene rings is 1. The van der Waals surface area contributed by atoms with Crippen molar-refractivity contribution in [2.45, 2.75) is 52.0 Å². The molecule has 0 spiro atoms. The van der Waals surface area contributed by atoms with Gasteiger partial charge in [0.05, 0.1) is 0 Å². The molecule has 1 aromatic rings. The lowest BCUT2D eigenvalue weighted by molar-refractivity contribution is -0.139. The molecule has 1 aliphatic carbocycles. The summed E-state index contributed by atoms with van der Waals surface area (Å²) in [5, 5.41) is 12.6. The van der Waals surface area contributed by atoms with Crippen molar-refractivity contribution in [3.05, 3.63) is 35.9 Å². The summed E-state index contributed by atoms with van der Waals surface area (Å²) >= 11 is 0. The molecular weight excluding hydrogens is 262 g/mol. The first kappa shape index (κ1) is 16.0. The van der Waals surface area contributed by atoms with Crippen LogP contribution in [0.1, 0.15) is 45.1 Å². The normalized spacial score (nSPS) is 20.1. The fourth-order valence-electron chi connectivity index (χ4n) is 3.07. The molecule has 1 saturated carbocycles. The van der Waals surface area contributed by atoms with Gasteiger partial charge in [-0.3, -0.25) is 4.79 Å². The van der Waals surface area contributed by atoms with Gasteiger partial charge in [0, 0.05) is 0 Å². The number of hydrogen-bond donors (Lipinski definition) is 2. The molecule has 0 bridgehead atoms. The molecule has 2 rings (SSSR count). The molecule has 116 valence electrons. The van der Waals surface area contributed by atoms with Crippen molar-refractivity contribution < 1.29 is 9.90 Å². The molecule has 1 aliphatic rings. The van der Waals surface area contributed by atoms with E-state index in [0.29, 0.717) is 17.8 Å². The quantitative estimate of drug-likeness (QED) is 0.843. The van der Waals surface area contributed by atoms with Crippen LogP contribution in [-0.4, -0.2) is 23.7 Å². The van der Waals surface area contributed by atoms with E-state index in [1.807, 2.05) is 30.3 Å². The van der Waals surface area contributed by atoms with Gasteiger partial charge < -0.3 is 10.4 Å². The highest BCUT2D eigenvalue weighted by Crippen LogP contribution is 2.37. The van der Waals surface area contributed by atoms with Crippen molar-refractivity contribution in [2.24, 2.45) is 11.3 Å². The Morgan fingerprint density at radius 3 is 2.48 bits per heavy atom. The second kappa shape index (κ2) is 7.08. The minimum absolute atomic E-state index is 0.465. The Labute approximate surface area is 127 Å². The van der Waals surface area contributed by atoms with E-state index >= 15 is 0 Å². The van der Waals surface area contributed by atoms with E-state index in [0.717, 1.165) is 12.1 Å². The SMILES string of the molecule is CC1(C)CCC(CN[C@H](Cc2ccccc2)C(=O)O)CC1. The summed E-state index contributed by atoms with van der Waals surface area (Å²) in [5.41, 5.74) is 1.54. The van der Waals surface area contributed by atoms with Crippen LogP contribution in [-0.2, 0) is 11.2 Å². The number of carboxylic acid groups (broad SMARTS) is 1. The Balaban J connectivity index is 1.82. The summed E-state index contributed by atoms with van der Waals surface area (Å²) in [4.78, 5) is 11.4. The van der Waals surface area contributed by atoms with E-state index in [2.05, 4.69) is 19.2 Å². The largest absolute Gasteiger partial charge is 0.480 e. The molecule has 3 heteroatoms. The molecule has 0 radical (unpaired) electrons. The molecule has 1 fully saturated rings. The lowest BCUT2D eigenvalue weighted by atomic mass is 9.73. The minimum atomic E-state index is -0.755. The third-order valence-electron chi connectivity index (χ3n) is 4.69. The topological polar surface area (TPSA) is 49.3 Å². The predicted molar refractivity (Wildman–Crippen MR) is 85.3 cm³/mol. The molecule has 0 amide bonds. The van der Waals surface area contributed by atoms with Crippen molar-refractivity contribution in [3.8, 4) is 0 Å². The number of carbonyl (C=O) groups is 1. The van der Waals surface area contributed by atoms with Gasteiger partial charge in [-0.25, -0.2) is 0 Å².